The lowest BCUT2D eigenvalue weighted by molar-refractivity contribution is -0.120. The molecule has 2 aliphatic rings. The van der Waals surface area contributed by atoms with Crippen LogP contribution in [0.1, 0.15) is 31.2 Å². The van der Waals surface area contributed by atoms with Gasteiger partial charge in [0.1, 0.15) is 6.54 Å². The van der Waals surface area contributed by atoms with Gasteiger partial charge >= 0.3 is 0 Å². The average molecular weight is 371 g/mol. The predicted molar refractivity (Wildman–Crippen MR) is 95.8 cm³/mol. The number of benzene rings is 1. The van der Waals surface area contributed by atoms with Gasteiger partial charge in [-0.1, -0.05) is 24.1 Å². The standard InChI is InChI=1S/C17H23ClN2O3S/c1-11-3-6-14(18)9-16(11)20(24(2,22)23)10-17(21)19-15-8-12-4-5-13(15)7-12/h3,6,9,12-13,15H,4-5,7-8,10H2,1-2H3,(H,19,21)/t12-,13-,15+/m0/s1. The zero-order valence-corrected chi connectivity index (χ0v) is 15.5. The van der Waals surface area contributed by atoms with Crippen LogP contribution in [-0.2, 0) is 14.8 Å². The number of hydrogen-bond donors (Lipinski definition) is 1. The average Bonchev–Trinajstić information content (AvgIpc) is 3.09. The molecule has 5 nitrogen and oxygen atoms in total. The Morgan fingerprint density at radius 3 is 2.67 bits per heavy atom. The number of nitrogens with one attached hydrogen (secondary N) is 1. The van der Waals surface area contributed by atoms with Crippen LogP contribution < -0.4 is 9.62 Å². The molecule has 0 unspecified atom stereocenters. The maximum atomic E-state index is 12.5. The lowest BCUT2D eigenvalue weighted by atomic mass is 9.95. The van der Waals surface area contributed by atoms with E-state index < -0.39 is 10.0 Å². The summed E-state index contributed by atoms with van der Waals surface area (Å²) in [6.45, 7) is 1.59. The first kappa shape index (κ1) is 17.5. The van der Waals surface area contributed by atoms with E-state index in [0.717, 1.165) is 28.5 Å². The van der Waals surface area contributed by atoms with Gasteiger partial charge in [-0.05, 0) is 55.7 Å². The Labute approximate surface area is 148 Å². The summed E-state index contributed by atoms with van der Waals surface area (Å²) in [5, 5.41) is 3.48. The second-order valence-electron chi connectivity index (χ2n) is 7.05. The fourth-order valence-electron chi connectivity index (χ4n) is 4.04. The van der Waals surface area contributed by atoms with E-state index >= 15 is 0 Å². The van der Waals surface area contributed by atoms with Crippen molar-refractivity contribution in [2.24, 2.45) is 11.8 Å². The molecule has 3 rings (SSSR count). The number of carbonyl (C=O) groups excluding carboxylic acids is 1. The molecule has 0 radical (unpaired) electrons. The summed E-state index contributed by atoms with van der Waals surface area (Å²) in [6, 6.07) is 5.24. The Morgan fingerprint density at radius 2 is 2.08 bits per heavy atom. The lowest BCUT2D eigenvalue weighted by Crippen LogP contribution is -2.45. The molecule has 132 valence electrons. The van der Waals surface area contributed by atoms with Gasteiger partial charge in [0.2, 0.25) is 15.9 Å². The van der Waals surface area contributed by atoms with Crippen LogP contribution in [0.2, 0.25) is 5.02 Å². The number of aryl methyl sites for hydroxylation is 1. The number of nitrogens with zero attached hydrogens (tertiary/aromatic N) is 1. The topological polar surface area (TPSA) is 66.5 Å². The third-order valence-electron chi connectivity index (χ3n) is 5.21. The van der Waals surface area contributed by atoms with Gasteiger partial charge in [-0.15, -0.1) is 0 Å². The Bertz CT molecular complexity index is 750. The maximum Gasteiger partial charge on any atom is 0.241 e. The molecule has 0 heterocycles. The first-order valence-corrected chi connectivity index (χ1v) is 10.5. The van der Waals surface area contributed by atoms with E-state index in [1.54, 1.807) is 25.1 Å². The molecule has 0 saturated heterocycles. The first-order chi connectivity index (χ1) is 11.2. The van der Waals surface area contributed by atoms with E-state index in [1.165, 1.54) is 19.3 Å². The smallest absolute Gasteiger partial charge is 0.241 e. The lowest BCUT2D eigenvalue weighted by Gasteiger charge is -2.27. The van der Waals surface area contributed by atoms with E-state index in [4.69, 9.17) is 11.6 Å². The van der Waals surface area contributed by atoms with Crippen molar-refractivity contribution in [2.75, 3.05) is 17.1 Å². The fraction of sp³-hybridized carbons (Fsp3) is 0.588. The molecule has 1 aromatic carbocycles. The monoisotopic (exact) mass is 370 g/mol. The number of hydrogen-bond acceptors (Lipinski definition) is 3. The zero-order valence-electron chi connectivity index (χ0n) is 14.0. The number of anilines is 1. The van der Waals surface area contributed by atoms with Crippen molar-refractivity contribution in [3.63, 3.8) is 0 Å². The van der Waals surface area contributed by atoms with E-state index in [9.17, 15) is 13.2 Å². The van der Waals surface area contributed by atoms with Crippen LogP contribution in [0.3, 0.4) is 0 Å². The summed E-state index contributed by atoms with van der Waals surface area (Å²) in [5.74, 6) is 1.03. The number of rotatable bonds is 5. The molecule has 0 aliphatic heterocycles. The van der Waals surface area contributed by atoms with E-state index in [2.05, 4.69) is 5.32 Å². The molecular formula is C17H23ClN2O3S. The van der Waals surface area contributed by atoms with Crippen molar-refractivity contribution in [1.82, 2.24) is 5.32 Å². The van der Waals surface area contributed by atoms with Crippen LogP contribution in [-0.4, -0.2) is 33.2 Å². The molecule has 1 N–H and O–H groups in total. The van der Waals surface area contributed by atoms with Crippen LogP contribution >= 0.6 is 11.6 Å². The van der Waals surface area contributed by atoms with Gasteiger partial charge in [0, 0.05) is 11.1 Å². The van der Waals surface area contributed by atoms with Crippen LogP contribution in [0, 0.1) is 18.8 Å². The van der Waals surface area contributed by atoms with Crippen molar-refractivity contribution in [3.05, 3.63) is 28.8 Å². The highest BCUT2D eigenvalue weighted by Crippen LogP contribution is 2.44. The summed E-state index contributed by atoms with van der Waals surface area (Å²) >= 11 is 6.01. The molecule has 1 amide bonds. The molecule has 1 aromatic rings. The highest BCUT2D eigenvalue weighted by Gasteiger charge is 2.40. The summed E-state index contributed by atoms with van der Waals surface area (Å²) < 4.78 is 25.5. The van der Waals surface area contributed by atoms with Crippen LogP contribution in [0.4, 0.5) is 5.69 Å². The molecule has 24 heavy (non-hydrogen) atoms. The zero-order chi connectivity index (χ0) is 17.5. The summed E-state index contributed by atoms with van der Waals surface area (Å²) in [4.78, 5) is 12.5. The number of halogens is 1. The first-order valence-electron chi connectivity index (χ1n) is 8.27. The highest BCUT2D eigenvalue weighted by atomic mass is 35.5. The van der Waals surface area contributed by atoms with E-state index in [1.807, 2.05) is 0 Å². The van der Waals surface area contributed by atoms with Crippen molar-refractivity contribution in [1.29, 1.82) is 0 Å². The normalized spacial score (nSPS) is 25.7. The largest absolute Gasteiger partial charge is 0.352 e. The minimum Gasteiger partial charge on any atom is -0.352 e. The molecule has 0 aromatic heterocycles. The number of carbonyl (C=O) groups is 1. The van der Waals surface area contributed by atoms with Crippen molar-refractivity contribution >= 4 is 33.2 Å². The van der Waals surface area contributed by atoms with Gasteiger partial charge in [-0.2, -0.15) is 0 Å². The molecule has 7 heteroatoms. The van der Waals surface area contributed by atoms with Gasteiger partial charge in [-0.25, -0.2) is 8.42 Å². The quantitative estimate of drug-likeness (QED) is 0.866. The number of fused-ring (bicyclic) bond motifs is 2. The Balaban J connectivity index is 1.75. The summed E-state index contributed by atoms with van der Waals surface area (Å²) in [5.41, 5.74) is 1.21. The summed E-state index contributed by atoms with van der Waals surface area (Å²) in [6.07, 6.45) is 5.74. The highest BCUT2D eigenvalue weighted by molar-refractivity contribution is 7.92. The second kappa shape index (κ2) is 6.56. The number of sulfonamides is 1. The predicted octanol–water partition coefficient (Wildman–Crippen LogP) is 2.72. The molecule has 2 bridgehead atoms. The van der Waals surface area contributed by atoms with Gasteiger partial charge in [0.25, 0.3) is 0 Å². The van der Waals surface area contributed by atoms with Crippen LogP contribution in [0.25, 0.3) is 0 Å². The minimum absolute atomic E-state index is 0.193. The maximum absolute atomic E-state index is 12.5. The van der Waals surface area contributed by atoms with Gasteiger partial charge in [0.15, 0.2) is 0 Å². The Hall–Kier alpha value is -1.27. The number of amides is 1. The van der Waals surface area contributed by atoms with Crippen LogP contribution in [0.15, 0.2) is 18.2 Å². The van der Waals surface area contributed by atoms with Gasteiger partial charge in [0.05, 0.1) is 11.9 Å². The molecule has 0 spiro atoms. The minimum atomic E-state index is -3.58. The molecular weight excluding hydrogens is 348 g/mol. The molecule has 2 saturated carbocycles. The van der Waals surface area contributed by atoms with Crippen molar-refractivity contribution in [3.8, 4) is 0 Å². The third kappa shape index (κ3) is 3.70. The fourth-order valence-corrected chi connectivity index (χ4v) is 5.11. The van der Waals surface area contributed by atoms with Gasteiger partial charge < -0.3 is 5.32 Å². The van der Waals surface area contributed by atoms with E-state index in [0.29, 0.717) is 16.6 Å². The SMILES string of the molecule is Cc1ccc(Cl)cc1N(CC(=O)N[C@@H]1C[C@H]2CC[C@H]1C2)S(C)(=O)=O. The molecule has 3 atom stereocenters. The molecule has 2 fully saturated rings. The van der Waals surface area contributed by atoms with E-state index in [-0.39, 0.29) is 18.5 Å². The molecule has 2 aliphatic carbocycles. The Kier molecular flexibility index (Phi) is 4.80. The Morgan fingerprint density at radius 1 is 1.33 bits per heavy atom. The third-order valence-corrected chi connectivity index (χ3v) is 6.57. The van der Waals surface area contributed by atoms with Crippen molar-refractivity contribution < 1.29 is 13.2 Å². The van der Waals surface area contributed by atoms with Gasteiger partial charge in [-0.3, -0.25) is 9.10 Å². The van der Waals surface area contributed by atoms with Crippen molar-refractivity contribution in [2.45, 2.75) is 38.6 Å². The summed E-state index contributed by atoms with van der Waals surface area (Å²) in [7, 11) is -3.58. The van der Waals surface area contributed by atoms with Crippen LogP contribution in [0.5, 0.6) is 0 Å². The second-order valence-corrected chi connectivity index (χ2v) is 9.39.